The number of nitrogens with zero attached hydrogens (tertiary/aromatic N) is 2. The first-order valence-electron chi connectivity index (χ1n) is 6.58. The highest BCUT2D eigenvalue weighted by molar-refractivity contribution is 7.16. The Balaban J connectivity index is 1.76. The second-order valence-corrected chi connectivity index (χ2v) is 5.78. The van der Waals surface area contributed by atoms with Crippen LogP contribution < -0.4 is 5.32 Å². The van der Waals surface area contributed by atoms with E-state index in [4.69, 9.17) is 0 Å². The first-order chi connectivity index (χ1) is 9.28. The molecule has 1 fully saturated rings. The molecular formula is C14H17N3OS. The Bertz CT molecular complexity index is 587. The molecule has 0 unspecified atom stereocenters. The molecule has 1 N–H and O–H groups in total. The summed E-state index contributed by atoms with van der Waals surface area (Å²) in [7, 11) is 1.99. The predicted molar refractivity (Wildman–Crippen MR) is 77.6 cm³/mol. The second kappa shape index (κ2) is 5.27. The Morgan fingerprint density at radius 1 is 1.42 bits per heavy atom. The number of carbonyl (C=O) groups is 1. The molecule has 1 aliphatic heterocycles. The van der Waals surface area contributed by atoms with Gasteiger partial charge >= 0.3 is 0 Å². The topological polar surface area (TPSA) is 45.2 Å². The van der Waals surface area contributed by atoms with Gasteiger partial charge in [-0.15, -0.1) is 11.3 Å². The largest absolute Gasteiger partial charge is 0.339 e. The van der Waals surface area contributed by atoms with Crippen LogP contribution in [0, 0.1) is 0 Å². The van der Waals surface area contributed by atoms with E-state index in [9.17, 15) is 4.79 Å². The second-order valence-electron chi connectivity index (χ2n) is 4.89. The van der Waals surface area contributed by atoms with Crippen LogP contribution in [-0.2, 0) is 0 Å². The number of benzene rings is 1. The summed E-state index contributed by atoms with van der Waals surface area (Å²) in [4.78, 5) is 18.6. The maximum atomic E-state index is 12.5. The van der Waals surface area contributed by atoms with Gasteiger partial charge in [-0.3, -0.25) is 4.79 Å². The van der Waals surface area contributed by atoms with Gasteiger partial charge in [-0.1, -0.05) is 0 Å². The average molecular weight is 275 g/mol. The van der Waals surface area contributed by atoms with Crippen LogP contribution in [0.2, 0.25) is 0 Å². The minimum Gasteiger partial charge on any atom is -0.339 e. The molecular weight excluding hydrogens is 258 g/mol. The van der Waals surface area contributed by atoms with Crippen LogP contribution >= 0.6 is 11.3 Å². The van der Waals surface area contributed by atoms with Gasteiger partial charge in [0, 0.05) is 24.7 Å². The maximum absolute atomic E-state index is 12.5. The number of aromatic nitrogens is 1. The number of piperidine rings is 1. The van der Waals surface area contributed by atoms with Crippen molar-refractivity contribution in [2.24, 2.45) is 0 Å². The van der Waals surface area contributed by atoms with Crippen molar-refractivity contribution in [2.45, 2.75) is 18.9 Å². The molecule has 4 nitrogen and oxygen atoms in total. The highest BCUT2D eigenvalue weighted by atomic mass is 32.1. The van der Waals surface area contributed by atoms with Crippen LogP contribution in [0.4, 0.5) is 0 Å². The van der Waals surface area contributed by atoms with Crippen LogP contribution in [-0.4, -0.2) is 42.0 Å². The quantitative estimate of drug-likeness (QED) is 0.913. The molecule has 1 saturated heterocycles. The van der Waals surface area contributed by atoms with Crippen LogP contribution in [0.3, 0.4) is 0 Å². The molecule has 0 atom stereocenters. The average Bonchev–Trinajstić information content (AvgIpc) is 2.94. The fraction of sp³-hybridized carbons (Fsp3) is 0.429. The third-order valence-corrected chi connectivity index (χ3v) is 4.56. The Kier molecular flexibility index (Phi) is 3.48. The van der Waals surface area contributed by atoms with Crippen molar-refractivity contribution in [2.75, 3.05) is 20.1 Å². The van der Waals surface area contributed by atoms with Crippen molar-refractivity contribution in [1.82, 2.24) is 15.2 Å². The zero-order chi connectivity index (χ0) is 13.2. The van der Waals surface area contributed by atoms with E-state index in [0.717, 1.165) is 41.7 Å². The lowest BCUT2D eigenvalue weighted by Gasteiger charge is -2.31. The van der Waals surface area contributed by atoms with Gasteiger partial charge in [0.2, 0.25) is 0 Å². The maximum Gasteiger partial charge on any atom is 0.253 e. The summed E-state index contributed by atoms with van der Waals surface area (Å²) >= 11 is 1.58. The van der Waals surface area contributed by atoms with Gasteiger partial charge in [0.05, 0.1) is 15.7 Å². The molecule has 0 radical (unpaired) electrons. The van der Waals surface area contributed by atoms with Crippen molar-refractivity contribution < 1.29 is 4.79 Å². The Labute approximate surface area is 116 Å². The number of likely N-dealkylation sites (tertiary alicyclic amines) is 1. The fourth-order valence-electron chi connectivity index (χ4n) is 2.54. The molecule has 1 aromatic carbocycles. The van der Waals surface area contributed by atoms with Crippen molar-refractivity contribution >= 4 is 27.5 Å². The molecule has 100 valence electrons. The lowest BCUT2D eigenvalue weighted by atomic mass is 10.0. The third kappa shape index (κ3) is 2.48. The van der Waals surface area contributed by atoms with E-state index >= 15 is 0 Å². The van der Waals surface area contributed by atoms with Gasteiger partial charge in [-0.25, -0.2) is 4.98 Å². The Morgan fingerprint density at radius 3 is 2.95 bits per heavy atom. The molecule has 0 saturated carbocycles. The third-order valence-electron chi connectivity index (χ3n) is 3.77. The van der Waals surface area contributed by atoms with E-state index in [1.165, 1.54) is 0 Å². The monoisotopic (exact) mass is 275 g/mol. The van der Waals surface area contributed by atoms with Crippen molar-refractivity contribution in [1.29, 1.82) is 0 Å². The molecule has 0 aliphatic carbocycles. The first-order valence-corrected chi connectivity index (χ1v) is 7.45. The normalized spacial score (nSPS) is 17.0. The van der Waals surface area contributed by atoms with E-state index in [-0.39, 0.29) is 5.91 Å². The number of nitrogens with one attached hydrogen (secondary N) is 1. The molecule has 0 bridgehead atoms. The lowest BCUT2D eigenvalue weighted by Crippen LogP contribution is -2.43. The standard InChI is InChI=1S/C14H17N3OS/c1-15-11-4-6-17(7-5-11)14(18)10-2-3-12-13(8-10)19-9-16-12/h2-3,8-9,11,15H,4-7H2,1H3. The van der Waals surface area contributed by atoms with Gasteiger partial charge in [0.25, 0.3) is 5.91 Å². The number of hydrogen-bond donors (Lipinski definition) is 1. The van der Waals surface area contributed by atoms with Crippen molar-refractivity contribution in [3.63, 3.8) is 0 Å². The summed E-state index contributed by atoms with van der Waals surface area (Å²) in [5.41, 5.74) is 3.56. The van der Waals surface area contributed by atoms with Gasteiger partial charge in [0.1, 0.15) is 0 Å². The summed E-state index contributed by atoms with van der Waals surface area (Å²) in [6.07, 6.45) is 2.07. The zero-order valence-electron chi connectivity index (χ0n) is 10.9. The van der Waals surface area contributed by atoms with Gasteiger partial charge < -0.3 is 10.2 Å². The number of amides is 1. The minimum absolute atomic E-state index is 0.143. The predicted octanol–water partition coefficient (Wildman–Crippen LogP) is 2.12. The molecule has 1 aromatic heterocycles. The highest BCUT2D eigenvalue weighted by Crippen LogP contribution is 2.21. The smallest absolute Gasteiger partial charge is 0.253 e. The van der Waals surface area contributed by atoms with E-state index in [2.05, 4.69) is 10.3 Å². The first kappa shape index (κ1) is 12.6. The van der Waals surface area contributed by atoms with Gasteiger partial charge in [-0.05, 0) is 38.1 Å². The summed E-state index contributed by atoms with van der Waals surface area (Å²) in [5, 5.41) is 3.28. The molecule has 1 aliphatic rings. The Hall–Kier alpha value is -1.46. The van der Waals surface area contributed by atoms with Crippen LogP contribution in [0.5, 0.6) is 0 Å². The van der Waals surface area contributed by atoms with Crippen molar-refractivity contribution in [3.8, 4) is 0 Å². The molecule has 3 rings (SSSR count). The van der Waals surface area contributed by atoms with E-state index in [1.54, 1.807) is 11.3 Å². The molecule has 0 spiro atoms. The number of hydrogen-bond acceptors (Lipinski definition) is 4. The number of carbonyl (C=O) groups excluding carboxylic acids is 1. The molecule has 5 heteroatoms. The lowest BCUT2D eigenvalue weighted by molar-refractivity contribution is 0.0707. The molecule has 2 aromatic rings. The summed E-state index contributed by atoms with van der Waals surface area (Å²) < 4.78 is 1.08. The van der Waals surface area contributed by atoms with Crippen LogP contribution in [0.1, 0.15) is 23.2 Å². The van der Waals surface area contributed by atoms with Gasteiger partial charge in [-0.2, -0.15) is 0 Å². The highest BCUT2D eigenvalue weighted by Gasteiger charge is 2.22. The molecule has 2 heterocycles. The summed E-state index contributed by atoms with van der Waals surface area (Å²) in [6, 6.07) is 6.32. The fourth-order valence-corrected chi connectivity index (χ4v) is 3.26. The van der Waals surface area contributed by atoms with E-state index < -0.39 is 0 Å². The summed E-state index contributed by atoms with van der Waals surface area (Å²) in [5.74, 6) is 0.143. The summed E-state index contributed by atoms with van der Waals surface area (Å²) in [6.45, 7) is 1.68. The number of rotatable bonds is 2. The van der Waals surface area contributed by atoms with E-state index in [1.807, 2.05) is 35.7 Å². The number of thiazole rings is 1. The molecule has 19 heavy (non-hydrogen) atoms. The van der Waals surface area contributed by atoms with Crippen molar-refractivity contribution in [3.05, 3.63) is 29.3 Å². The van der Waals surface area contributed by atoms with Crippen LogP contribution in [0.25, 0.3) is 10.2 Å². The SMILES string of the molecule is CNC1CCN(C(=O)c2ccc3ncsc3c2)CC1. The van der Waals surface area contributed by atoms with Gasteiger partial charge in [0.15, 0.2) is 0 Å². The Morgan fingerprint density at radius 2 is 2.21 bits per heavy atom. The van der Waals surface area contributed by atoms with E-state index in [0.29, 0.717) is 6.04 Å². The van der Waals surface area contributed by atoms with Crippen LogP contribution in [0.15, 0.2) is 23.7 Å². The minimum atomic E-state index is 0.143. The number of fused-ring (bicyclic) bond motifs is 1. The zero-order valence-corrected chi connectivity index (χ0v) is 11.7. The molecule has 1 amide bonds.